The second kappa shape index (κ2) is 6.89. The van der Waals surface area contributed by atoms with Crippen molar-refractivity contribution < 1.29 is 9.90 Å². The van der Waals surface area contributed by atoms with Crippen LogP contribution in [0.1, 0.15) is 12.8 Å². The van der Waals surface area contributed by atoms with Crippen molar-refractivity contribution in [3.63, 3.8) is 0 Å². The molecule has 0 bridgehead atoms. The third-order valence-electron chi connectivity index (χ3n) is 3.97. The molecule has 0 spiro atoms. The van der Waals surface area contributed by atoms with E-state index < -0.39 is 0 Å². The van der Waals surface area contributed by atoms with Crippen LogP contribution in [0.3, 0.4) is 0 Å². The number of likely N-dealkylation sites (tertiary alicyclic amines) is 1. The van der Waals surface area contributed by atoms with Gasteiger partial charge in [-0.3, -0.25) is 5.32 Å². The van der Waals surface area contributed by atoms with Crippen LogP contribution in [0, 0.1) is 5.92 Å². The average molecular weight is 317 g/mol. The molecule has 6 heteroatoms. The van der Waals surface area contributed by atoms with Gasteiger partial charge in [0.2, 0.25) is 0 Å². The maximum atomic E-state index is 12.2. The number of rotatable bonds is 3. The number of aromatic nitrogens is 1. The highest BCUT2D eigenvalue weighted by Gasteiger charge is 2.22. The molecule has 2 aromatic rings. The second-order valence-electron chi connectivity index (χ2n) is 5.49. The molecule has 0 radical (unpaired) electrons. The molecule has 1 aliphatic rings. The number of nitrogens with one attached hydrogen (secondary N) is 1. The van der Waals surface area contributed by atoms with Gasteiger partial charge in [-0.1, -0.05) is 30.3 Å². The van der Waals surface area contributed by atoms with Gasteiger partial charge in [0.25, 0.3) is 0 Å². The number of benzene rings is 1. The predicted octanol–water partition coefficient (Wildman–Crippen LogP) is 3.05. The van der Waals surface area contributed by atoms with Gasteiger partial charge in [0.1, 0.15) is 5.00 Å². The van der Waals surface area contributed by atoms with Crippen molar-refractivity contribution in [2.45, 2.75) is 12.8 Å². The summed E-state index contributed by atoms with van der Waals surface area (Å²) in [4.78, 5) is 14.0. The van der Waals surface area contributed by atoms with E-state index in [0.29, 0.717) is 19.0 Å². The number of carbonyl (C=O) groups excluding carboxylic acids is 1. The Hall–Kier alpha value is -1.92. The molecular weight excluding hydrogens is 298 g/mol. The van der Waals surface area contributed by atoms with Crippen LogP contribution in [0.4, 0.5) is 9.80 Å². The molecule has 1 aromatic heterocycles. The van der Waals surface area contributed by atoms with Gasteiger partial charge in [0.15, 0.2) is 0 Å². The van der Waals surface area contributed by atoms with Gasteiger partial charge in [0.05, 0.1) is 5.69 Å². The largest absolute Gasteiger partial charge is 0.396 e. The van der Waals surface area contributed by atoms with E-state index in [0.717, 1.165) is 29.1 Å². The third-order valence-corrected chi connectivity index (χ3v) is 4.67. The molecule has 0 saturated carbocycles. The zero-order chi connectivity index (χ0) is 15.4. The Bertz CT molecular complexity index is 621. The summed E-state index contributed by atoms with van der Waals surface area (Å²) >= 11 is 1.29. The number of aliphatic hydroxyl groups is 1. The minimum atomic E-state index is -0.0837. The first-order valence-corrected chi connectivity index (χ1v) is 8.22. The van der Waals surface area contributed by atoms with Crippen LogP contribution >= 0.6 is 11.5 Å². The molecule has 3 rings (SSSR count). The van der Waals surface area contributed by atoms with Crippen LogP contribution in [0.25, 0.3) is 11.3 Å². The smallest absolute Gasteiger partial charge is 0.322 e. The number of hydrogen-bond donors (Lipinski definition) is 2. The van der Waals surface area contributed by atoms with Crippen molar-refractivity contribution in [3.8, 4) is 11.3 Å². The summed E-state index contributed by atoms with van der Waals surface area (Å²) in [6.07, 6.45) is 1.73. The Labute approximate surface area is 133 Å². The van der Waals surface area contributed by atoms with Crippen LogP contribution in [0.15, 0.2) is 36.4 Å². The number of nitrogens with zero attached hydrogens (tertiary/aromatic N) is 2. The SMILES string of the molecule is O=C(Nc1cc(-c2ccccc2)ns1)N1CCC(CO)CC1. The summed E-state index contributed by atoms with van der Waals surface area (Å²) in [6.45, 7) is 1.60. The fraction of sp³-hybridized carbons (Fsp3) is 0.375. The molecule has 0 atom stereocenters. The zero-order valence-corrected chi connectivity index (χ0v) is 13.1. The van der Waals surface area contributed by atoms with Crippen LogP contribution in [-0.4, -0.2) is 40.1 Å². The quantitative estimate of drug-likeness (QED) is 0.914. The Morgan fingerprint density at radius 1 is 1.32 bits per heavy atom. The number of carbonyl (C=O) groups is 1. The van der Waals surface area contributed by atoms with Crippen LogP contribution in [0.5, 0.6) is 0 Å². The van der Waals surface area contributed by atoms with Crippen LogP contribution in [0.2, 0.25) is 0 Å². The van der Waals surface area contributed by atoms with Gasteiger partial charge in [-0.15, -0.1) is 0 Å². The van der Waals surface area contributed by atoms with E-state index in [1.807, 2.05) is 36.4 Å². The Morgan fingerprint density at radius 3 is 2.73 bits per heavy atom. The fourth-order valence-corrected chi connectivity index (χ4v) is 3.23. The number of amides is 2. The Morgan fingerprint density at radius 2 is 2.05 bits per heavy atom. The van der Waals surface area contributed by atoms with E-state index in [2.05, 4.69) is 9.69 Å². The minimum absolute atomic E-state index is 0.0837. The Kier molecular flexibility index (Phi) is 4.70. The van der Waals surface area contributed by atoms with Gasteiger partial charge >= 0.3 is 6.03 Å². The number of piperidine rings is 1. The molecule has 1 fully saturated rings. The lowest BCUT2D eigenvalue weighted by Gasteiger charge is -2.30. The maximum absolute atomic E-state index is 12.2. The monoisotopic (exact) mass is 317 g/mol. The molecule has 116 valence electrons. The van der Waals surface area contributed by atoms with Crippen molar-refractivity contribution in [2.24, 2.45) is 5.92 Å². The van der Waals surface area contributed by atoms with E-state index in [4.69, 9.17) is 5.11 Å². The topological polar surface area (TPSA) is 65.5 Å². The number of aliphatic hydroxyl groups excluding tert-OH is 1. The van der Waals surface area contributed by atoms with Gasteiger partial charge < -0.3 is 10.0 Å². The second-order valence-corrected chi connectivity index (χ2v) is 6.29. The summed E-state index contributed by atoms with van der Waals surface area (Å²) in [5.74, 6) is 0.331. The van der Waals surface area contributed by atoms with Crippen molar-refractivity contribution in [1.29, 1.82) is 0 Å². The molecule has 5 nitrogen and oxygen atoms in total. The van der Waals surface area contributed by atoms with E-state index in [-0.39, 0.29) is 12.6 Å². The molecule has 2 amide bonds. The predicted molar refractivity (Wildman–Crippen MR) is 88.0 cm³/mol. The minimum Gasteiger partial charge on any atom is -0.396 e. The molecule has 22 heavy (non-hydrogen) atoms. The molecule has 0 unspecified atom stereocenters. The first-order valence-electron chi connectivity index (χ1n) is 7.45. The van der Waals surface area contributed by atoms with Crippen molar-refractivity contribution in [2.75, 3.05) is 25.0 Å². The van der Waals surface area contributed by atoms with Crippen molar-refractivity contribution >= 4 is 22.6 Å². The van der Waals surface area contributed by atoms with Crippen molar-refractivity contribution in [3.05, 3.63) is 36.4 Å². The average Bonchev–Trinajstić information content (AvgIpc) is 3.04. The summed E-state index contributed by atoms with van der Waals surface area (Å²) in [7, 11) is 0. The first-order chi connectivity index (χ1) is 10.8. The van der Waals surface area contributed by atoms with Gasteiger partial charge in [0, 0.05) is 31.3 Å². The van der Waals surface area contributed by atoms with Crippen LogP contribution < -0.4 is 5.32 Å². The van der Waals surface area contributed by atoms with Gasteiger partial charge in [-0.2, -0.15) is 4.37 Å². The summed E-state index contributed by atoms with van der Waals surface area (Å²) in [5.41, 5.74) is 1.92. The lowest BCUT2D eigenvalue weighted by Crippen LogP contribution is -2.41. The van der Waals surface area contributed by atoms with Gasteiger partial charge in [-0.05, 0) is 30.3 Å². The lowest BCUT2D eigenvalue weighted by atomic mass is 9.98. The maximum Gasteiger partial charge on any atom is 0.322 e. The standard InChI is InChI=1S/C16H19N3O2S/c20-11-12-6-8-19(9-7-12)16(21)17-15-10-14(18-22-15)13-4-2-1-3-5-13/h1-5,10,12,20H,6-9,11H2,(H,17,21). The zero-order valence-electron chi connectivity index (χ0n) is 12.2. The van der Waals surface area contributed by atoms with E-state index in [1.54, 1.807) is 4.90 Å². The highest BCUT2D eigenvalue weighted by Crippen LogP contribution is 2.26. The molecule has 0 aliphatic carbocycles. The lowest BCUT2D eigenvalue weighted by molar-refractivity contribution is 0.143. The van der Waals surface area contributed by atoms with E-state index >= 15 is 0 Å². The normalized spacial score (nSPS) is 15.8. The summed E-state index contributed by atoms with van der Waals surface area (Å²) in [5, 5.41) is 12.8. The highest BCUT2D eigenvalue weighted by molar-refractivity contribution is 7.10. The first kappa shape index (κ1) is 15.0. The third kappa shape index (κ3) is 3.45. The molecule has 2 N–H and O–H groups in total. The molecule has 1 aliphatic heterocycles. The number of anilines is 1. The van der Waals surface area contributed by atoms with E-state index in [1.165, 1.54) is 11.5 Å². The van der Waals surface area contributed by atoms with Crippen molar-refractivity contribution in [1.82, 2.24) is 9.27 Å². The highest BCUT2D eigenvalue weighted by atomic mass is 32.1. The number of hydrogen-bond acceptors (Lipinski definition) is 4. The molecular formula is C16H19N3O2S. The number of urea groups is 1. The summed E-state index contributed by atoms with van der Waals surface area (Å²) in [6, 6.07) is 11.7. The molecule has 1 saturated heterocycles. The summed E-state index contributed by atoms with van der Waals surface area (Å²) < 4.78 is 4.39. The molecule has 2 heterocycles. The molecule has 1 aromatic carbocycles. The fourth-order valence-electron chi connectivity index (χ4n) is 2.58. The van der Waals surface area contributed by atoms with Gasteiger partial charge in [-0.25, -0.2) is 4.79 Å². The van der Waals surface area contributed by atoms with Crippen LogP contribution in [-0.2, 0) is 0 Å². The Balaban J connectivity index is 1.60. The van der Waals surface area contributed by atoms with E-state index in [9.17, 15) is 4.79 Å².